The summed E-state index contributed by atoms with van der Waals surface area (Å²) in [4.78, 5) is 25.6. The molecule has 1 aromatic carbocycles. The quantitative estimate of drug-likeness (QED) is 0.769. The van der Waals surface area contributed by atoms with Gasteiger partial charge in [0.25, 0.3) is 5.91 Å². The molecule has 1 amide bonds. The number of benzene rings is 1. The van der Waals surface area contributed by atoms with Crippen LogP contribution in [0.2, 0.25) is 5.02 Å². The van der Waals surface area contributed by atoms with Crippen molar-refractivity contribution in [3.05, 3.63) is 77.7 Å². The van der Waals surface area contributed by atoms with Gasteiger partial charge in [0, 0.05) is 34.9 Å². The number of hydrogen-bond donors (Lipinski definition) is 1. The lowest BCUT2D eigenvalue weighted by Gasteiger charge is -2.25. The molecule has 0 spiro atoms. The molecule has 4 rings (SSSR count). The molecule has 1 aliphatic rings. The van der Waals surface area contributed by atoms with E-state index in [0.29, 0.717) is 33.6 Å². The maximum absolute atomic E-state index is 12.9. The summed E-state index contributed by atoms with van der Waals surface area (Å²) in [6.07, 6.45) is 3.89. The number of nitrogens with zero attached hydrogens (tertiary/aromatic N) is 3. The van der Waals surface area contributed by atoms with Crippen LogP contribution in [-0.4, -0.2) is 27.7 Å². The van der Waals surface area contributed by atoms with Crippen molar-refractivity contribution in [1.29, 1.82) is 0 Å². The van der Waals surface area contributed by atoms with Crippen molar-refractivity contribution in [3.8, 4) is 5.75 Å². The summed E-state index contributed by atoms with van der Waals surface area (Å²) in [5.74, 6) is 0.535. The molecule has 128 valence electrons. The minimum absolute atomic E-state index is 0.343. The van der Waals surface area contributed by atoms with E-state index in [-0.39, 0.29) is 5.91 Å². The van der Waals surface area contributed by atoms with E-state index in [0.717, 1.165) is 0 Å². The molecule has 0 saturated carbocycles. The predicted octanol–water partition coefficient (Wildman–Crippen LogP) is 3.65. The number of carbonyl (C=O) groups is 1. The van der Waals surface area contributed by atoms with Crippen molar-refractivity contribution < 1.29 is 9.53 Å². The van der Waals surface area contributed by atoms with Gasteiger partial charge in [0.15, 0.2) is 11.6 Å². The zero-order valence-corrected chi connectivity index (χ0v) is 14.2. The van der Waals surface area contributed by atoms with Gasteiger partial charge in [-0.2, -0.15) is 0 Å². The summed E-state index contributed by atoms with van der Waals surface area (Å²) in [5, 5.41) is 3.37. The number of halogens is 1. The van der Waals surface area contributed by atoms with Gasteiger partial charge >= 0.3 is 0 Å². The van der Waals surface area contributed by atoms with Crippen molar-refractivity contribution in [2.24, 2.45) is 4.99 Å². The zero-order valence-electron chi connectivity index (χ0n) is 13.5. The molecule has 0 radical (unpaired) electrons. The number of rotatable bonds is 3. The highest BCUT2D eigenvalue weighted by atomic mass is 35.5. The van der Waals surface area contributed by atoms with E-state index >= 15 is 0 Å². The Balaban J connectivity index is 1.73. The largest absolute Gasteiger partial charge is 0.470 e. The van der Waals surface area contributed by atoms with Crippen LogP contribution in [0.15, 0.2) is 72.1 Å². The minimum Gasteiger partial charge on any atom is -0.470 e. The summed E-state index contributed by atoms with van der Waals surface area (Å²) < 4.78 is 5.91. The lowest BCUT2D eigenvalue weighted by atomic mass is 10.0. The Bertz CT molecular complexity index is 992. The molecule has 0 aliphatic carbocycles. The van der Waals surface area contributed by atoms with Crippen molar-refractivity contribution in [1.82, 2.24) is 9.97 Å². The molecule has 0 saturated heterocycles. The van der Waals surface area contributed by atoms with Crippen LogP contribution in [-0.2, 0) is 4.79 Å². The van der Waals surface area contributed by atoms with Gasteiger partial charge in [-0.3, -0.25) is 9.78 Å². The lowest BCUT2D eigenvalue weighted by Crippen LogP contribution is -2.41. The number of fused-ring (bicyclic) bond motifs is 1. The average Bonchev–Trinajstić information content (AvgIpc) is 2.67. The normalized spacial score (nSPS) is 15.4. The standard InChI is InChI=1S/C19H13ClN4O2/c20-13-4-1-3-12(11-13)16-17(19(25)23-14-6-9-21-10-7-14)26-15-5-2-8-22-18(15)24-16/h1-11,17H,(H,21,23,25). The molecule has 0 fully saturated rings. The maximum atomic E-state index is 12.9. The number of hydrogen-bond acceptors (Lipinski definition) is 5. The Labute approximate surface area is 154 Å². The van der Waals surface area contributed by atoms with Crippen LogP contribution in [0.5, 0.6) is 5.75 Å². The van der Waals surface area contributed by atoms with Crippen LogP contribution in [0.25, 0.3) is 0 Å². The fraction of sp³-hybridized carbons (Fsp3) is 0.0526. The number of aromatic nitrogens is 2. The monoisotopic (exact) mass is 364 g/mol. The Hall–Kier alpha value is -3.25. The topological polar surface area (TPSA) is 76.5 Å². The Morgan fingerprint density at radius 3 is 2.73 bits per heavy atom. The molecule has 1 atom stereocenters. The van der Waals surface area contributed by atoms with E-state index in [1.165, 1.54) is 0 Å². The molecule has 2 aromatic heterocycles. The summed E-state index contributed by atoms with van der Waals surface area (Å²) in [5.41, 5.74) is 1.77. The Morgan fingerprint density at radius 2 is 1.92 bits per heavy atom. The molecule has 6 nitrogen and oxygen atoms in total. The third-order valence-electron chi connectivity index (χ3n) is 3.78. The maximum Gasteiger partial charge on any atom is 0.271 e. The van der Waals surface area contributed by atoms with Crippen LogP contribution in [0, 0.1) is 0 Å². The molecular formula is C19H13ClN4O2. The summed E-state index contributed by atoms with van der Waals surface area (Å²) in [6, 6.07) is 14.0. The molecule has 7 heteroatoms. The van der Waals surface area contributed by atoms with Gasteiger partial charge in [-0.25, -0.2) is 9.98 Å². The second-order valence-corrected chi connectivity index (χ2v) is 5.99. The molecule has 0 bridgehead atoms. The van der Waals surface area contributed by atoms with Crippen molar-refractivity contribution in [2.75, 3.05) is 5.32 Å². The lowest BCUT2D eigenvalue weighted by molar-refractivity contribution is -0.120. The van der Waals surface area contributed by atoms with E-state index in [2.05, 4.69) is 20.3 Å². The van der Waals surface area contributed by atoms with Crippen LogP contribution in [0.4, 0.5) is 11.5 Å². The van der Waals surface area contributed by atoms with Crippen LogP contribution in [0.1, 0.15) is 5.56 Å². The first-order valence-electron chi connectivity index (χ1n) is 7.88. The number of nitrogens with one attached hydrogen (secondary N) is 1. The first-order valence-corrected chi connectivity index (χ1v) is 8.25. The number of carbonyl (C=O) groups excluding carboxylic acids is 1. The van der Waals surface area contributed by atoms with Crippen LogP contribution < -0.4 is 10.1 Å². The number of pyridine rings is 2. The van der Waals surface area contributed by atoms with Gasteiger partial charge in [0.05, 0.1) is 0 Å². The van der Waals surface area contributed by atoms with Crippen LogP contribution in [0.3, 0.4) is 0 Å². The van der Waals surface area contributed by atoms with Gasteiger partial charge in [0.1, 0.15) is 5.71 Å². The van der Waals surface area contributed by atoms with E-state index in [1.807, 2.05) is 6.07 Å². The van der Waals surface area contributed by atoms with Gasteiger partial charge < -0.3 is 10.1 Å². The van der Waals surface area contributed by atoms with Crippen LogP contribution >= 0.6 is 11.6 Å². The minimum atomic E-state index is -0.932. The first kappa shape index (κ1) is 16.2. The number of anilines is 1. The average molecular weight is 365 g/mol. The summed E-state index contributed by atoms with van der Waals surface area (Å²) in [7, 11) is 0. The van der Waals surface area contributed by atoms with Gasteiger partial charge in [-0.15, -0.1) is 0 Å². The second kappa shape index (κ2) is 6.93. The smallest absolute Gasteiger partial charge is 0.271 e. The first-order chi connectivity index (χ1) is 12.7. The SMILES string of the molecule is O=C(Nc1ccncc1)C1Oc2cccnc2N=C1c1cccc(Cl)c1. The third-order valence-corrected chi connectivity index (χ3v) is 4.01. The second-order valence-electron chi connectivity index (χ2n) is 5.56. The number of aliphatic imine (C=N–C) groups is 1. The number of ether oxygens (including phenoxy) is 1. The fourth-order valence-electron chi connectivity index (χ4n) is 2.60. The molecule has 1 N–H and O–H groups in total. The van der Waals surface area contributed by atoms with E-state index in [1.54, 1.807) is 61.1 Å². The number of amides is 1. The molecule has 1 aliphatic heterocycles. The summed E-state index contributed by atoms with van der Waals surface area (Å²) in [6.45, 7) is 0. The van der Waals surface area contributed by atoms with E-state index in [9.17, 15) is 4.79 Å². The van der Waals surface area contributed by atoms with Gasteiger partial charge in [-0.05, 0) is 36.4 Å². The molecule has 3 aromatic rings. The van der Waals surface area contributed by atoms with Gasteiger partial charge in [0.2, 0.25) is 6.10 Å². The Morgan fingerprint density at radius 1 is 1.08 bits per heavy atom. The molecule has 1 unspecified atom stereocenters. The molecule has 3 heterocycles. The third kappa shape index (κ3) is 3.27. The highest BCUT2D eigenvalue weighted by Gasteiger charge is 2.32. The summed E-state index contributed by atoms with van der Waals surface area (Å²) >= 11 is 6.10. The van der Waals surface area contributed by atoms with E-state index in [4.69, 9.17) is 16.3 Å². The fourth-order valence-corrected chi connectivity index (χ4v) is 2.79. The van der Waals surface area contributed by atoms with Gasteiger partial charge in [-0.1, -0.05) is 23.7 Å². The highest BCUT2D eigenvalue weighted by molar-refractivity contribution is 6.31. The van der Waals surface area contributed by atoms with Crippen molar-refractivity contribution in [2.45, 2.75) is 6.10 Å². The Kier molecular flexibility index (Phi) is 4.33. The van der Waals surface area contributed by atoms with Crippen molar-refractivity contribution in [3.63, 3.8) is 0 Å². The van der Waals surface area contributed by atoms with Crippen molar-refractivity contribution >= 4 is 34.7 Å². The molecular weight excluding hydrogens is 352 g/mol. The van der Waals surface area contributed by atoms with E-state index < -0.39 is 6.10 Å². The molecule has 26 heavy (non-hydrogen) atoms. The predicted molar refractivity (Wildman–Crippen MR) is 99.2 cm³/mol. The highest BCUT2D eigenvalue weighted by Crippen LogP contribution is 2.32. The zero-order chi connectivity index (χ0) is 17.9.